The molecule has 150 valence electrons. The second kappa shape index (κ2) is 8.21. The minimum atomic E-state index is -0.538. The first-order chi connectivity index (χ1) is 13.5. The van der Waals surface area contributed by atoms with Crippen molar-refractivity contribution >= 4 is 17.7 Å². The fourth-order valence-electron chi connectivity index (χ4n) is 4.00. The van der Waals surface area contributed by atoms with Crippen LogP contribution in [0.5, 0.6) is 0 Å². The third kappa shape index (κ3) is 3.80. The van der Waals surface area contributed by atoms with Crippen molar-refractivity contribution in [3.05, 3.63) is 52.3 Å². The molecule has 1 aromatic carbocycles. The first-order valence-corrected chi connectivity index (χ1v) is 10.8. The molecule has 0 unspecified atom stereocenters. The number of benzene rings is 1. The van der Waals surface area contributed by atoms with Gasteiger partial charge in [0.1, 0.15) is 11.6 Å². The number of thioether (sulfide) groups is 1. The number of amides is 1. The third-order valence-corrected chi connectivity index (χ3v) is 6.53. The number of halogens is 2. The van der Waals surface area contributed by atoms with Crippen LogP contribution in [0.3, 0.4) is 0 Å². The molecule has 0 bridgehead atoms. The lowest BCUT2D eigenvalue weighted by atomic mass is 9.91. The molecular weight excluding hydrogens is 382 g/mol. The second-order valence-corrected chi connectivity index (χ2v) is 8.55. The van der Waals surface area contributed by atoms with Crippen molar-refractivity contribution in [2.24, 2.45) is 7.05 Å². The molecule has 4 rings (SSSR count). The minimum Gasteiger partial charge on any atom is -0.336 e. The van der Waals surface area contributed by atoms with Gasteiger partial charge in [0.15, 0.2) is 5.69 Å². The molecule has 0 radical (unpaired) electrons. The summed E-state index contributed by atoms with van der Waals surface area (Å²) in [5, 5.41) is 7.79. The molecule has 2 heterocycles. The highest BCUT2D eigenvalue weighted by Gasteiger charge is 2.31. The molecule has 1 saturated heterocycles. The maximum absolute atomic E-state index is 13.9. The van der Waals surface area contributed by atoms with Crippen LogP contribution in [0.2, 0.25) is 0 Å². The summed E-state index contributed by atoms with van der Waals surface area (Å²) in [6.07, 6.45) is 2.28. The van der Waals surface area contributed by atoms with E-state index in [0.29, 0.717) is 12.1 Å². The van der Waals surface area contributed by atoms with Gasteiger partial charge in [-0.3, -0.25) is 9.48 Å². The van der Waals surface area contributed by atoms with Gasteiger partial charge in [-0.2, -0.15) is 16.9 Å². The van der Waals surface area contributed by atoms with Crippen LogP contribution in [0.25, 0.3) is 0 Å². The van der Waals surface area contributed by atoms with Gasteiger partial charge in [-0.25, -0.2) is 8.78 Å². The van der Waals surface area contributed by atoms with Crippen LogP contribution < -0.4 is 5.32 Å². The number of aromatic nitrogens is 2. The van der Waals surface area contributed by atoms with Crippen LogP contribution in [-0.4, -0.2) is 51.2 Å². The predicted octanol–water partition coefficient (Wildman–Crippen LogP) is 2.53. The predicted molar refractivity (Wildman–Crippen MR) is 105 cm³/mol. The summed E-state index contributed by atoms with van der Waals surface area (Å²) in [6, 6.07) is 3.97. The standard InChI is InChI=1S/C20H24F2N4OS/c1-25-18-6-5-13(23-12-15-16(21)3-2-4-17(15)22)11-14(18)19(24-25)20(27)26-7-9-28-10-8-26/h2-4,13,23H,5-12H2,1H3/t13-/m0/s1. The lowest BCUT2D eigenvalue weighted by Gasteiger charge is -2.27. The Morgan fingerprint density at radius 3 is 2.71 bits per heavy atom. The zero-order chi connectivity index (χ0) is 19.7. The summed E-state index contributed by atoms with van der Waals surface area (Å²) in [6.45, 7) is 1.64. The van der Waals surface area contributed by atoms with Crippen LogP contribution in [0, 0.1) is 11.6 Å². The van der Waals surface area contributed by atoms with Gasteiger partial charge >= 0.3 is 0 Å². The number of nitrogens with zero attached hydrogens (tertiary/aromatic N) is 3. The smallest absolute Gasteiger partial charge is 0.274 e. The van der Waals surface area contributed by atoms with Crippen molar-refractivity contribution in [3.63, 3.8) is 0 Å². The van der Waals surface area contributed by atoms with E-state index in [2.05, 4.69) is 10.4 Å². The minimum absolute atomic E-state index is 0.00190. The van der Waals surface area contributed by atoms with Crippen molar-refractivity contribution in [3.8, 4) is 0 Å². The van der Waals surface area contributed by atoms with Gasteiger partial charge in [0.2, 0.25) is 0 Å². The molecular formula is C20H24F2N4OS. The molecule has 1 aliphatic heterocycles. The normalized spacial score (nSPS) is 19.5. The van der Waals surface area contributed by atoms with Crippen LogP contribution in [0.4, 0.5) is 8.78 Å². The van der Waals surface area contributed by atoms with E-state index >= 15 is 0 Å². The first-order valence-electron chi connectivity index (χ1n) is 9.62. The molecule has 0 spiro atoms. The van der Waals surface area contributed by atoms with Gasteiger partial charge in [-0.05, 0) is 31.4 Å². The van der Waals surface area contributed by atoms with E-state index in [4.69, 9.17) is 0 Å². The fourth-order valence-corrected chi connectivity index (χ4v) is 4.90. The maximum atomic E-state index is 13.9. The van der Waals surface area contributed by atoms with E-state index < -0.39 is 11.6 Å². The zero-order valence-electron chi connectivity index (χ0n) is 15.9. The average Bonchev–Trinajstić information content (AvgIpc) is 3.04. The highest BCUT2D eigenvalue weighted by atomic mass is 32.2. The molecule has 1 amide bonds. The van der Waals surface area contributed by atoms with Crippen LogP contribution in [-0.2, 0) is 26.4 Å². The summed E-state index contributed by atoms with van der Waals surface area (Å²) in [4.78, 5) is 14.9. The Hall–Kier alpha value is -1.93. The first kappa shape index (κ1) is 19.4. The summed E-state index contributed by atoms with van der Waals surface area (Å²) < 4.78 is 29.6. The van der Waals surface area contributed by atoms with Gasteiger partial charge in [-0.1, -0.05) is 6.07 Å². The quantitative estimate of drug-likeness (QED) is 0.848. The molecule has 1 atom stereocenters. The molecule has 1 fully saturated rings. The third-order valence-electron chi connectivity index (χ3n) is 5.59. The Bertz CT molecular complexity index is 859. The van der Waals surface area contributed by atoms with Crippen molar-refractivity contribution in [1.29, 1.82) is 0 Å². The van der Waals surface area contributed by atoms with E-state index in [-0.39, 0.29) is 24.1 Å². The number of hydrogen-bond acceptors (Lipinski definition) is 4. The topological polar surface area (TPSA) is 50.2 Å². The monoisotopic (exact) mass is 406 g/mol. The van der Waals surface area contributed by atoms with E-state index in [9.17, 15) is 13.6 Å². The van der Waals surface area contributed by atoms with Gasteiger partial charge in [0, 0.05) is 61.1 Å². The zero-order valence-corrected chi connectivity index (χ0v) is 16.7. The molecule has 28 heavy (non-hydrogen) atoms. The van der Waals surface area contributed by atoms with E-state index in [0.717, 1.165) is 48.7 Å². The van der Waals surface area contributed by atoms with E-state index in [1.54, 1.807) is 0 Å². The van der Waals surface area contributed by atoms with Crippen molar-refractivity contribution in [1.82, 2.24) is 20.0 Å². The molecule has 5 nitrogen and oxygen atoms in total. The summed E-state index contributed by atoms with van der Waals surface area (Å²) in [5.41, 5.74) is 2.66. The lowest BCUT2D eigenvalue weighted by molar-refractivity contribution is 0.0764. The van der Waals surface area contributed by atoms with E-state index in [1.165, 1.54) is 18.2 Å². The van der Waals surface area contributed by atoms with Crippen molar-refractivity contribution < 1.29 is 13.6 Å². The number of carbonyl (C=O) groups excluding carboxylic acids is 1. The van der Waals surface area contributed by atoms with Gasteiger partial charge in [0.05, 0.1) is 0 Å². The highest BCUT2D eigenvalue weighted by Crippen LogP contribution is 2.26. The van der Waals surface area contributed by atoms with Gasteiger partial charge < -0.3 is 10.2 Å². The summed E-state index contributed by atoms with van der Waals surface area (Å²) in [5.74, 6) is 0.838. The van der Waals surface area contributed by atoms with Crippen LogP contribution in [0.15, 0.2) is 18.2 Å². The van der Waals surface area contributed by atoms with Crippen molar-refractivity contribution in [2.45, 2.75) is 31.8 Å². The van der Waals surface area contributed by atoms with Crippen LogP contribution >= 0.6 is 11.8 Å². The molecule has 0 saturated carbocycles. The second-order valence-electron chi connectivity index (χ2n) is 7.32. The number of rotatable bonds is 4. The Morgan fingerprint density at radius 1 is 1.29 bits per heavy atom. The number of nitrogens with one attached hydrogen (secondary N) is 1. The molecule has 2 aromatic rings. The Balaban J connectivity index is 1.49. The van der Waals surface area contributed by atoms with E-state index in [1.807, 2.05) is 28.4 Å². The Labute approximate surface area is 167 Å². The SMILES string of the molecule is Cn1nc(C(=O)N2CCSCC2)c2c1CC[C@H](NCc1c(F)cccc1F)C2. The number of fused-ring (bicyclic) bond motifs is 1. The van der Waals surface area contributed by atoms with Gasteiger partial charge in [0.25, 0.3) is 5.91 Å². The summed E-state index contributed by atoms with van der Waals surface area (Å²) >= 11 is 1.86. The van der Waals surface area contributed by atoms with Crippen molar-refractivity contribution in [2.75, 3.05) is 24.6 Å². The summed E-state index contributed by atoms with van der Waals surface area (Å²) in [7, 11) is 1.88. The Kier molecular flexibility index (Phi) is 5.68. The fraction of sp³-hybridized carbons (Fsp3) is 0.500. The number of aryl methyl sites for hydroxylation is 1. The lowest BCUT2D eigenvalue weighted by Crippen LogP contribution is -2.39. The molecule has 1 aliphatic carbocycles. The van der Waals surface area contributed by atoms with Gasteiger partial charge in [-0.15, -0.1) is 0 Å². The van der Waals surface area contributed by atoms with Crippen LogP contribution in [0.1, 0.15) is 33.7 Å². The largest absolute Gasteiger partial charge is 0.336 e. The number of carbonyl (C=O) groups is 1. The highest BCUT2D eigenvalue weighted by molar-refractivity contribution is 7.99. The Morgan fingerprint density at radius 2 is 2.00 bits per heavy atom. The number of hydrogen-bond donors (Lipinski definition) is 1. The molecule has 8 heteroatoms. The molecule has 1 N–H and O–H groups in total. The molecule has 2 aliphatic rings. The average molecular weight is 407 g/mol. The molecule has 1 aromatic heterocycles. The maximum Gasteiger partial charge on any atom is 0.274 e.